The number of halogens is 1. The van der Waals surface area contributed by atoms with E-state index >= 15 is 0 Å². The molecule has 4 aromatic rings. The molecule has 0 aliphatic heterocycles. The summed E-state index contributed by atoms with van der Waals surface area (Å²) < 4.78 is 14.6. The third-order valence-corrected chi connectivity index (χ3v) is 6.89. The maximum atomic E-state index is 13.2. The van der Waals surface area contributed by atoms with E-state index < -0.39 is 11.4 Å². The van der Waals surface area contributed by atoms with E-state index in [0.717, 1.165) is 23.0 Å². The van der Waals surface area contributed by atoms with Gasteiger partial charge in [-0.2, -0.15) is 10.2 Å². The highest BCUT2D eigenvalue weighted by atomic mass is 19.1. The highest BCUT2D eigenvalue weighted by molar-refractivity contribution is 5.80. The van der Waals surface area contributed by atoms with Crippen molar-refractivity contribution in [2.24, 2.45) is 5.92 Å². The van der Waals surface area contributed by atoms with Crippen LogP contribution in [0.4, 0.5) is 16.0 Å². The van der Waals surface area contributed by atoms with Crippen LogP contribution >= 0.6 is 0 Å². The summed E-state index contributed by atoms with van der Waals surface area (Å²) in [5.74, 6) is 0.915. The van der Waals surface area contributed by atoms with Crippen molar-refractivity contribution in [3.8, 4) is 5.82 Å². The molecule has 0 bridgehead atoms. The molecule has 0 spiro atoms. The van der Waals surface area contributed by atoms with Crippen molar-refractivity contribution in [2.45, 2.75) is 45.3 Å². The second-order valence-corrected chi connectivity index (χ2v) is 9.79. The van der Waals surface area contributed by atoms with Crippen molar-refractivity contribution in [1.82, 2.24) is 34.8 Å². The van der Waals surface area contributed by atoms with Gasteiger partial charge in [-0.15, -0.1) is 0 Å². The zero-order chi connectivity index (χ0) is 26.3. The topological polar surface area (TPSA) is 125 Å². The van der Waals surface area contributed by atoms with E-state index in [9.17, 15) is 14.3 Å². The fourth-order valence-corrected chi connectivity index (χ4v) is 4.63. The first-order valence-electron chi connectivity index (χ1n) is 12.0. The van der Waals surface area contributed by atoms with Crippen LogP contribution in [0.15, 0.2) is 48.9 Å². The minimum atomic E-state index is -1.17. The molecule has 192 valence electrons. The summed E-state index contributed by atoms with van der Waals surface area (Å²) in [6.45, 7) is 5.77. The zero-order valence-electron chi connectivity index (χ0n) is 21.1. The lowest BCUT2D eigenvalue weighted by molar-refractivity contribution is -0.154. The molecule has 1 fully saturated rings. The Kier molecular flexibility index (Phi) is 6.24. The Morgan fingerprint density at radius 1 is 1.24 bits per heavy atom. The average molecular weight is 505 g/mol. The van der Waals surface area contributed by atoms with Gasteiger partial charge in [-0.05, 0) is 62.9 Å². The lowest BCUT2D eigenvalue weighted by atomic mass is 9.68. The third kappa shape index (κ3) is 4.94. The highest BCUT2D eigenvalue weighted by Crippen LogP contribution is 2.46. The van der Waals surface area contributed by atoms with E-state index in [0.29, 0.717) is 36.0 Å². The number of aryl methyl sites for hydroxylation is 2. The number of aliphatic hydroxyl groups is 1. The minimum absolute atomic E-state index is 0.0478. The smallest absolute Gasteiger partial charge is 0.226 e. The Morgan fingerprint density at radius 3 is 2.65 bits per heavy atom. The first-order chi connectivity index (χ1) is 17.6. The Bertz CT molecular complexity index is 1420. The van der Waals surface area contributed by atoms with Gasteiger partial charge in [0.2, 0.25) is 5.91 Å². The number of carbonyl (C=O) groups is 1. The summed E-state index contributed by atoms with van der Waals surface area (Å²) in [5, 5.41) is 25.4. The van der Waals surface area contributed by atoms with Gasteiger partial charge in [0.1, 0.15) is 11.4 Å². The Morgan fingerprint density at radius 2 is 2.03 bits per heavy atom. The molecule has 1 aliphatic rings. The number of hydrogen-bond donors (Lipinski definition) is 3. The summed E-state index contributed by atoms with van der Waals surface area (Å²) in [4.78, 5) is 23.9. The van der Waals surface area contributed by atoms with Crippen LogP contribution in [0.2, 0.25) is 0 Å². The maximum absolute atomic E-state index is 13.2. The van der Waals surface area contributed by atoms with E-state index in [1.807, 2.05) is 45.0 Å². The first kappa shape index (κ1) is 24.6. The van der Waals surface area contributed by atoms with Gasteiger partial charge in [0, 0.05) is 30.9 Å². The third-order valence-electron chi connectivity index (χ3n) is 6.89. The van der Waals surface area contributed by atoms with E-state index in [2.05, 4.69) is 30.6 Å². The molecular weight excluding hydrogens is 475 g/mol. The van der Waals surface area contributed by atoms with Gasteiger partial charge in [-0.3, -0.25) is 9.89 Å². The minimum Gasteiger partial charge on any atom is -0.384 e. The molecule has 3 N–H and O–H groups in total. The number of hydrogen-bond acceptors (Lipinski definition) is 7. The number of rotatable bonds is 7. The van der Waals surface area contributed by atoms with Crippen LogP contribution in [0.25, 0.3) is 5.82 Å². The lowest BCUT2D eigenvalue weighted by Crippen LogP contribution is -2.49. The van der Waals surface area contributed by atoms with Gasteiger partial charge >= 0.3 is 0 Å². The summed E-state index contributed by atoms with van der Waals surface area (Å²) in [7, 11) is 1.75. The largest absolute Gasteiger partial charge is 0.384 e. The standard InChI is InChI=1S/C26H29FN8O2/c1-15-7-21(30-22(8-15)31-23-9-16(2)32-33-23)26(37)10-19(11-26)25(36)34(4)17(3)18-5-6-24(28-12-18)35-14-20(27)13-29-35/h5-9,12-14,17,19,37H,10-11H2,1-4H3,(H2,30,31,32,33)/t17-,19?,26?/m0/s1. The molecule has 5 rings (SSSR count). The normalized spacial score (nSPS) is 19.8. The number of nitrogens with zero attached hydrogens (tertiary/aromatic N) is 6. The number of aromatic amines is 1. The van der Waals surface area contributed by atoms with Crippen molar-refractivity contribution < 1.29 is 14.3 Å². The van der Waals surface area contributed by atoms with E-state index in [1.54, 1.807) is 24.2 Å². The Balaban J connectivity index is 1.23. The van der Waals surface area contributed by atoms with Crippen LogP contribution in [-0.2, 0) is 10.4 Å². The molecular formula is C26H29FN8O2. The van der Waals surface area contributed by atoms with Crippen LogP contribution in [0.1, 0.15) is 48.3 Å². The van der Waals surface area contributed by atoms with Gasteiger partial charge < -0.3 is 15.3 Å². The van der Waals surface area contributed by atoms with Gasteiger partial charge in [0.05, 0.1) is 24.1 Å². The number of carbonyl (C=O) groups excluding carboxylic acids is 1. The number of pyridine rings is 2. The molecule has 1 atom stereocenters. The second kappa shape index (κ2) is 9.40. The molecule has 0 unspecified atom stereocenters. The molecule has 0 saturated heterocycles. The number of nitrogens with one attached hydrogen (secondary N) is 2. The first-order valence-corrected chi connectivity index (χ1v) is 12.0. The summed E-state index contributed by atoms with van der Waals surface area (Å²) in [6.07, 6.45) is 4.62. The van der Waals surface area contributed by atoms with E-state index in [-0.39, 0.29) is 17.9 Å². The van der Waals surface area contributed by atoms with Crippen molar-refractivity contribution in [3.63, 3.8) is 0 Å². The molecule has 0 aromatic carbocycles. The molecule has 1 aliphatic carbocycles. The van der Waals surface area contributed by atoms with Crippen LogP contribution < -0.4 is 5.32 Å². The fourth-order valence-electron chi connectivity index (χ4n) is 4.63. The lowest BCUT2D eigenvalue weighted by Gasteiger charge is -2.44. The van der Waals surface area contributed by atoms with Crippen molar-refractivity contribution in [2.75, 3.05) is 12.4 Å². The van der Waals surface area contributed by atoms with Crippen LogP contribution in [0.3, 0.4) is 0 Å². The molecule has 4 aromatic heterocycles. The number of H-pyrrole nitrogens is 1. The molecule has 10 nitrogen and oxygen atoms in total. The van der Waals surface area contributed by atoms with Crippen molar-refractivity contribution in [1.29, 1.82) is 0 Å². The van der Waals surface area contributed by atoms with Gasteiger partial charge in [0.25, 0.3) is 0 Å². The van der Waals surface area contributed by atoms with Crippen molar-refractivity contribution >= 4 is 17.5 Å². The molecule has 11 heteroatoms. The molecule has 0 radical (unpaired) electrons. The van der Waals surface area contributed by atoms with E-state index in [4.69, 9.17) is 0 Å². The molecule has 1 saturated carbocycles. The van der Waals surface area contributed by atoms with Crippen LogP contribution in [-0.4, -0.2) is 52.9 Å². The SMILES string of the molecule is Cc1cc(Nc2cc(C)[nH]n2)nc(C2(O)CC(C(=O)N(C)[C@@H](C)c3ccc(-n4cc(F)cn4)nc3)C2)c1. The summed E-state index contributed by atoms with van der Waals surface area (Å²) in [6, 6.07) is 8.95. The Labute approximate surface area is 213 Å². The molecule has 4 heterocycles. The quantitative estimate of drug-likeness (QED) is 0.350. The van der Waals surface area contributed by atoms with Gasteiger partial charge in [-0.25, -0.2) is 19.0 Å². The number of anilines is 2. The molecule has 1 amide bonds. The monoisotopic (exact) mass is 504 g/mol. The predicted molar refractivity (Wildman–Crippen MR) is 135 cm³/mol. The summed E-state index contributed by atoms with van der Waals surface area (Å²) in [5.41, 5.74) is 2.08. The fraction of sp³-hybridized carbons (Fsp3) is 0.346. The highest BCUT2D eigenvalue weighted by Gasteiger charge is 2.49. The van der Waals surface area contributed by atoms with Crippen molar-refractivity contribution in [3.05, 3.63) is 77.3 Å². The van der Waals surface area contributed by atoms with Gasteiger partial charge in [0.15, 0.2) is 17.5 Å². The Hall–Kier alpha value is -4.12. The second-order valence-electron chi connectivity index (χ2n) is 9.79. The van der Waals surface area contributed by atoms with E-state index in [1.165, 1.54) is 10.9 Å². The average Bonchev–Trinajstić information content (AvgIpc) is 3.48. The number of amides is 1. The zero-order valence-corrected chi connectivity index (χ0v) is 21.1. The van der Waals surface area contributed by atoms with Crippen LogP contribution in [0.5, 0.6) is 0 Å². The van der Waals surface area contributed by atoms with Gasteiger partial charge in [-0.1, -0.05) is 6.07 Å². The maximum Gasteiger partial charge on any atom is 0.226 e. The van der Waals surface area contributed by atoms with Crippen LogP contribution in [0, 0.1) is 25.6 Å². The number of aromatic nitrogens is 6. The molecule has 37 heavy (non-hydrogen) atoms. The summed E-state index contributed by atoms with van der Waals surface area (Å²) >= 11 is 0. The predicted octanol–water partition coefficient (Wildman–Crippen LogP) is 3.70.